The van der Waals surface area contributed by atoms with Crippen LogP contribution in [0.2, 0.25) is 25.7 Å². The fourth-order valence-corrected chi connectivity index (χ4v) is 3.50. The number of carbonyl (C=O) groups is 1. The fraction of sp³-hybridized carbons (Fsp3) is 0.300. The van der Waals surface area contributed by atoms with E-state index in [1.165, 1.54) is 0 Å². The van der Waals surface area contributed by atoms with Crippen molar-refractivity contribution in [1.29, 1.82) is 0 Å². The quantitative estimate of drug-likeness (QED) is 0.484. The van der Waals surface area contributed by atoms with E-state index in [-0.39, 0.29) is 5.56 Å². The molecule has 1 heterocycles. The summed E-state index contributed by atoms with van der Waals surface area (Å²) < 4.78 is 7.74. The summed E-state index contributed by atoms with van der Waals surface area (Å²) in [6.45, 7) is 8.15. The number of benzene rings is 2. The van der Waals surface area contributed by atoms with Gasteiger partial charge in [0.25, 0.3) is 0 Å². The predicted molar refractivity (Wildman–Crippen MR) is 106 cm³/mol. The van der Waals surface area contributed by atoms with Gasteiger partial charge in [-0.05, 0) is 24.2 Å². The average Bonchev–Trinajstić information content (AvgIpc) is 2.97. The summed E-state index contributed by atoms with van der Waals surface area (Å²) in [5.74, 6) is -0.928. The number of hydrogen-bond donors (Lipinski definition) is 1. The van der Waals surface area contributed by atoms with Gasteiger partial charge in [0.2, 0.25) is 0 Å². The topological polar surface area (TPSA) is 64.4 Å². The maximum absolute atomic E-state index is 11.0. The molecule has 0 radical (unpaired) electrons. The molecular weight excluding hydrogens is 344 g/mol. The van der Waals surface area contributed by atoms with E-state index in [9.17, 15) is 4.79 Å². The van der Waals surface area contributed by atoms with E-state index in [2.05, 4.69) is 19.6 Å². The highest BCUT2D eigenvalue weighted by Gasteiger charge is 2.14. The van der Waals surface area contributed by atoms with Gasteiger partial charge in [0.05, 0.1) is 11.1 Å². The van der Waals surface area contributed by atoms with E-state index in [1.54, 1.807) is 24.3 Å². The Morgan fingerprint density at radius 2 is 1.81 bits per heavy atom. The van der Waals surface area contributed by atoms with Gasteiger partial charge in [-0.15, -0.1) is 0 Å². The minimum Gasteiger partial charge on any atom is -0.478 e. The van der Waals surface area contributed by atoms with Crippen molar-refractivity contribution in [2.45, 2.75) is 32.4 Å². The van der Waals surface area contributed by atoms with Gasteiger partial charge in [-0.25, -0.2) is 9.48 Å². The van der Waals surface area contributed by atoms with Crippen LogP contribution >= 0.6 is 0 Å². The van der Waals surface area contributed by atoms with Crippen LogP contribution in [0, 0.1) is 0 Å². The largest absolute Gasteiger partial charge is 0.478 e. The number of hydrogen-bond acceptors (Lipinski definition) is 3. The first-order valence-electron chi connectivity index (χ1n) is 8.72. The lowest BCUT2D eigenvalue weighted by molar-refractivity contribution is 0.0697. The summed E-state index contributed by atoms with van der Waals surface area (Å²) in [6, 6.07) is 16.0. The van der Waals surface area contributed by atoms with Gasteiger partial charge < -0.3 is 9.84 Å². The first-order chi connectivity index (χ1) is 12.3. The molecular formula is C20H24N2O3Si. The molecule has 0 amide bonds. The van der Waals surface area contributed by atoms with Crippen LogP contribution in [0.3, 0.4) is 0 Å². The maximum atomic E-state index is 11.0. The summed E-state index contributed by atoms with van der Waals surface area (Å²) in [7, 11) is -1.11. The number of carboxylic acids is 1. The fourth-order valence-electron chi connectivity index (χ4n) is 2.74. The van der Waals surface area contributed by atoms with Crippen molar-refractivity contribution >= 4 is 24.9 Å². The van der Waals surface area contributed by atoms with E-state index in [4.69, 9.17) is 14.9 Å². The molecule has 1 N–H and O–H groups in total. The molecule has 0 aliphatic carbocycles. The number of nitrogens with zero attached hydrogens (tertiary/aromatic N) is 2. The molecule has 0 atom stereocenters. The van der Waals surface area contributed by atoms with Gasteiger partial charge in [0.15, 0.2) is 0 Å². The number of rotatable bonds is 7. The van der Waals surface area contributed by atoms with E-state index >= 15 is 0 Å². The van der Waals surface area contributed by atoms with Gasteiger partial charge in [-0.1, -0.05) is 50.0 Å². The lowest BCUT2D eigenvalue weighted by Gasteiger charge is -2.15. The molecule has 0 spiro atoms. The third kappa shape index (κ3) is 4.20. The van der Waals surface area contributed by atoms with Crippen molar-refractivity contribution in [2.24, 2.45) is 0 Å². The number of aromatic nitrogens is 2. The van der Waals surface area contributed by atoms with Crippen LogP contribution in [0.5, 0.6) is 0 Å². The molecule has 26 heavy (non-hydrogen) atoms. The van der Waals surface area contributed by atoms with Crippen molar-refractivity contribution in [1.82, 2.24) is 9.78 Å². The van der Waals surface area contributed by atoms with E-state index in [0.29, 0.717) is 6.73 Å². The van der Waals surface area contributed by atoms with Gasteiger partial charge in [-0.3, -0.25) is 0 Å². The summed E-state index contributed by atoms with van der Waals surface area (Å²) in [4.78, 5) is 11.0. The number of carboxylic acid groups (broad SMARTS) is 1. The van der Waals surface area contributed by atoms with Crippen LogP contribution in [0.25, 0.3) is 22.2 Å². The van der Waals surface area contributed by atoms with Crippen molar-refractivity contribution in [3.8, 4) is 11.3 Å². The average molecular weight is 369 g/mol. The van der Waals surface area contributed by atoms with Crippen molar-refractivity contribution in [2.75, 3.05) is 6.61 Å². The second-order valence-corrected chi connectivity index (χ2v) is 13.2. The summed E-state index contributed by atoms with van der Waals surface area (Å²) in [5, 5.41) is 14.8. The zero-order valence-electron chi connectivity index (χ0n) is 15.4. The molecule has 2 aromatic carbocycles. The van der Waals surface area contributed by atoms with Gasteiger partial charge in [0.1, 0.15) is 12.4 Å². The summed E-state index contributed by atoms with van der Waals surface area (Å²) >= 11 is 0. The molecule has 5 nitrogen and oxygen atoms in total. The third-order valence-corrected chi connectivity index (χ3v) is 5.98. The molecule has 1 aromatic heterocycles. The molecule has 136 valence electrons. The van der Waals surface area contributed by atoms with Crippen LogP contribution in [-0.4, -0.2) is 35.5 Å². The zero-order chi connectivity index (χ0) is 18.7. The van der Waals surface area contributed by atoms with Crippen molar-refractivity contribution in [3.05, 3.63) is 54.1 Å². The monoisotopic (exact) mass is 368 g/mol. The van der Waals surface area contributed by atoms with E-state index in [0.717, 1.165) is 34.8 Å². The highest BCUT2D eigenvalue weighted by atomic mass is 28.3. The Hall–Kier alpha value is -2.44. The summed E-state index contributed by atoms with van der Waals surface area (Å²) in [6.07, 6.45) is 0. The first kappa shape index (κ1) is 18.4. The standard InChI is InChI=1S/C20H24N2O3Si/c1-26(2,3)13-12-25-14-22-18-7-5-4-6-17(18)19(21-22)15-8-10-16(11-9-15)20(23)24/h4-11H,12-14H2,1-3H3,(H,23,24). The predicted octanol–water partition coefficient (Wildman–Crippen LogP) is 4.71. The Morgan fingerprint density at radius 3 is 2.46 bits per heavy atom. The molecule has 0 unspecified atom stereocenters. The first-order valence-corrected chi connectivity index (χ1v) is 12.4. The van der Waals surface area contributed by atoms with E-state index < -0.39 is 14.0 Å². The Balaban J connectivity index is 1.86. The minimum atomic E-state index is -1.11. The van der Waals surface area contributed by atoms with Crippen LogP contribution in [0.15, 0.2) is 48.5 Å². The zero-order valence-corrected chi connectivity index (χ0v) is 16.4. The Morgan fingerprint density at radius 1 is 1.12 bits per heavy atom. The Bertz CT molecular complexity index is 911. The number of para-hydroxylation sites is 1. The van der Waals surface area contributed by atoms with Crippen LogP contribution in [0.1, 0.15) is 10.4 Å². The molecule has 0 saturated carbocycles. The van der Waals surface area contributed by atoms with Gasteiger partial charge in [-0.2, -0.15) is 5.10 Å². The van der Waals surface area contributed by atoms with Crippen LogP contribution in [0.4, 0.5) is 0 Å². The molecule has 3 rings (SSSR count). The third-order valence-electron chi connectivity index (χ3n) is 4.27. The smallest absolute Gasteiger partial charge is 0.335 e. The molecule has 0 aliphatic heterocycles. The number of fused-ring (bicyclic) bond motifs is 1. The van der Waals surface area contributed by atoms with E-state index in [1.807, 2.05) is 28.9 Å². The highest BCUT2D eigenvalue weighted by molar-refractivity contribution is 6.76. The second kappa shape index (κ2) is 7.43. The van der Waals surface area contributed by atoms with Crippen LogP contribution < -0.4 is 0 Å². The molecule has 3 aromatic rings. The minimum absolute atomic E-state index is 0.271. The number of ether oxygens (including phenoxy) is 1. The molecule has 0 saturated heterocycles. The van der Waals surface area contributed by atoms with Crippen molar-refractivity contribution < 1.29 is 14.6 Å². The molecule has 0 bridgehead atoms. The molecule has 0 fully saturated rings. The Kier molecular flexibility index (Phi) is 5.25. The maximum Gasteiger partial charge on any atom is 0.335 e. The highest BCUT2D eigenvalue weighted by Crippen LogP contribution is 2.28. The lowest BCUT2D eigenvalue weighted by Crippen LogP contribution is -2.22. The normalized spacial score (nSPS) is 11.8. The lowest BCUT2D eigenvalue weighted by atomic mass is 10.1. The molecule has 0 aliphatic rings. The van der Waals surface area contributed by atoms with Gasteiger partial charge >= 0.3 is 5.97 Å². The Labute approximate surface area is 154 Å². The molecule has 6 heteroatoms. The van der Waals surface area contributed by atoms with Crippen LogP contribution in [-0.2, 0) is 11.5 Å². The SMILES string of the molecule is C[Si](C)(C)CCOCn1nc(-c2ccc(C(=O)O)cc2)c2ccccc21. The summed E-state index contributed by atoms with van der Waals surface area (Å²) in [5.41, 5.74) is 3.02. The number of aromatic carboxylic acids is 1. The van der Waals surface area contributed by atoms with Gasteiger partial charge in [0, 0.05) is 25.6 Å². The second-order valence-electron chi connectivity index (χ2n) is 7.60. The van der Waals surface area contributed by atoms with Crippen molar-refractivity contribution in [3.63, 3.8) is 0 Å².